The molecule has 0 fully saturated rings. The molecule has 0 N–H and O–H groups in total. The highest BCUT2D eigenvalue weighted by Crippen LogP contribution is 2.01. The van der Waals surface area contributed by atoms with E-state index in [0.717, 1.165) is 6.42 Å². The van der Waals surface area contributed by atoms with Crippen molar-refractivity contribution in [2.75, 3.05) is 0 Å². The number of hydrogen-bond acceptors (Lipinski definition) is 3. The maximum atomic E-state index is 11.2. The Morgan fingerprint density at radius 1 is 1.64 bits per heavy atom. The van der Waals surface area contributed by atoms with Crippen LogP contribution in [0.1, 0.15) is 19.8 Å². The number of aromatic nitrogens is 2. The molecule has 0 aliphatic carbocycles. The van der Waals surface area contributed by atoms with E-state index in [4.69, 9.17) is 11.6 Å². The average Bonchev–Trinajstić information content (AvgIpc) is 2.12. The highest BCUT2D eigenvalue weighted by atomic mass is 35.5. The third-order valence-electron chi connectivity index (χ3n) is 1.70. The van der Waals surface area contributed by atoms with Gasteiger partial charge in [-0.25, -0.2) is 9.78 Å². The third kappa shape index (κ3) is 2.96. The van der Waals surface area contributed by atoms with Crippen LogP contribution in [0.15, 0.2) is 17.2 Å². The number of carbonyl (C=O) groups excluding carboxylic acids is 1. The molecule has 76 valence electrons. The molecule has 0 aliphatic heterocycles. The van der Waals surface area contributed by atoms with E-state index >= 15 is 0 Å². The van der Waals surface area contributed by atoms with E-state index in [1.807, 2.05) is 6.92 Å². The second-order valence-electron chi connectivity index (χ2n) is 2.97. The summed E-state index contributed by atoms with van der Waals surface area (Å²) in [5.74, 6) is 0.0127. The summed E-state index contributed by atoms with van der Waals surface area (Å²) >= 11 is 5.64. The molecule has 0 radical (unpaired) electrons. The van der Waals surface area contributed by atoms with Crippen LogP contribution in [-0.2, 0) is 11.3 Å². The molecule has 0 amide bonds. The second kappa shape index (κ2) is 4.91. The summed E-state index contributed by atoms with van der Waals surface area (Å²) in [6, 6.07) is 0. The number of nitrogens with zero attached hydrogens (tertiary/aromatic N) is 2. The molecule has 0 aromatic carbocycles. The number of ketones is 1. The smallest absolute Gasteiger partial charge is 0.298 e. The molecule has 0 saturated heterocycles. The van der Waals surface area contributed by atoms with E-state index < -0.39 is 5.69 Å². The van der Waals surface area contributed by atoms with Gasteiger partial charge in [0.15, 0.2) is 5.78 Å². The highest BCUT2D eigenvalue weighted by molar-refractivity contribution is 6.30. The molecular weight excluding hydrogens is 204 g/mol. The molecule has 0 unspecified atom stereocenters. The van der Waals surface area contributed by atoms with Crippen LogP contribution < -0.4 is 5.69 Å². The van der Waals surface area contributed by atoms with E-state index in [1.165, 1.54) is 17.0 Å². The Bertz CT molecular complexity index is 387. The average molecular weight is 215 g/mol. The van der Waals surface area contributed by atoms with Crippen LogP contribution in [0.2, 0.25) is 5.02 Å². The predicted molar refractivity (Wildman–Crippen MR) is 53.4 cm³/mol. The van der Waals surface area contributed by atoms with Crippen LogP contribution in [-0.4, -0.2) is 15.3 Å². The lowest BCUT2D eigenvalue weighted by molar-refractivity contribution is -0.119. The van der Waals surface area contributed by atoms with E-state index in [2.05, 4.69) is 4.98 Å². The number of Topliss-reactive ketones (excluding diaryl/α,β-unsaturated/α-hetero) is 1. The SMILES string of the molecule is CCCC(=O)Cn1cc(Cl)cnc1=O. The molecular formula is C9H11ClN2O2. The van der Waals surface area contributed by atoms with Crippen molar-refractivity contribution in [2.24, 2.45) is 0 Å². The Morgan fingerprint density at radius 3 is 3.00 bits per heavy atom. The molecule has 0 bridgehead atoms. The molecule has 5 heteroatoms. The molecule has 1 rings (SSSR count). The number of hydrogen-bond donors (Lipinski definition) is 0. The van der Waals surface area contributed by atoms with Crippen molar-refractivity contribution in [3.8, 4) is 0 Å². The summed E-state index contributed by atoms with van der Waals surface area (Å²) in [4.78, 5) is 25.9. The van der Waals surface area contributed by atoms with Gasteiger partial charge in [0, 0.05) is 12.6 Å². The lowest BCUT2D eigenvalue weighted by Gasteiger charge is -2.02. The van der Waals surface area contributed by atoms with Crippen LogP contribution >= 0.6 is 11.6 Å². The van der Waals surface area contributed by atoms with Crippen LogP contribution in [0.3, 0.4) is 0 Å². The number of halogens is 1. The zero-order chi connectivity index (χ0) is 10.6. The quantitative estimate of drug-likeness (QED) is 0.759. The monoisotopic (exact) mass is 214 g/mol. The predicted octanol–water partition coefficient (Wildman–Crippen LogP) is 1.27. The summed E-state index contributed by atoms with van der Waals surface area (Å²) < 4.78 is 1.22. The van der Waals surface area contributed by atoms with E-state index in [1.54, 1.807) is 0 Å². The van der Waals surface area contributed by atoms with Crippen LogP contribution in [0.5, 0.6) is 0 Å². The van der Waals surface area contributed by atoms with Gasteiger partial charge in [0.1, 0.15) is 0 Å². The minimum atomic E-state index is -0.446. The van der Waals surface area contributed by atoms with Gasteiger partial charge in [-0.3, -0.25) is 9.36 Å². The molecule has 0 spiro atoms. The standard InChI is InChI=1S/C9H11ClN2O2/c1-2-3-8(13)6-12-5-7(10)4-11-9(12)14/h4-5H,2-3,6H2,1H3. The number of carbonyl (C=O) groups is 1. The Morgan fingerprint density at radius 2 is 2.36 bits per heavy atom. The van der Waals surface area contributed by atoms with Gasteiger partial charge >= 0.3 is 5.69 Å². The van der Waals surface area contributed by atoms with Crippen molar-refractivity contribution < 1.29 is 4.79 Å². The van der Waals surface area contributed by atoms with Gasteiger partial charge in [0.2, 0.25) is 0 Å². The van der Waals surface area contributed by atoms with Crippen molar-refractivity contribution in [1.82, 2.24) is 9.55 Å². The molecule has 1 aromatic rings. The molecule has 0 atom stereocenters. The summed E-state index contributed by atoms with van der Waals surface area (Å²) in [6.07, 6.45) is 3.94. The minimum Gasteiger partial charge on any atom is -0.298 e. The molecule has 1 heterocycles. The van der Waals surface area contributed by atoms with Gasteiger partial charge in [-0.05, 0) is 6.42 Å². The second-order valence-corrected chi connectivity index (χ2v) is 3.41. The Kier molecular flexibility index (Phi) is 3.83. The fourth-order valence-electron chi connectivity index (χ4n) is 1.09. The minimum absolute atomic E-state index is 0.0127. The van der Waals surface area contributed by atoms with Crippen LogP contribution in [0, 0.1) is 0 Å². The normalized spacial score (nSPS) is 10.1. The summed E-state index contributed by atoms with van der Waals surface area (Å²) in [7, 11) is 0. The lowest BCUT2D eigenvalue weighted by Crippen LogP contribution is -2.25. The maximum Gasteiger partial charge on any atom is 0.348 e. The van der Waals surface area contributed by atoms with Gasteiger partial charge in [0.05, 0.1) is 17.8 Å². The van der Waals surface area contributed by atoms with Gasteiger partial charge < -0.3 is 0 Å². The lowest BCUT2D eigenvalue weighted by atomic mass is 10.2. The highest BCUT2D eigenvalue weighted by Gasteiger charge is 2.04. The molecule has 1 aromatic heterocycles. The van der Waals surface area contributed by atoms with Gasteiger partial charge in [-0.15, -0.1) is 0 Å². The van der Waals surface area contributed by atoms with Gasteiger partial charge in [-0.1, -0.05) is 18.5 Å². The summed E-state index contributed by atoms with van der Waals surface area (Å²) in [5.41, 5.74) is -0.446. The Hall–Kier alpha value is -1.16. The fourth-order valence-corrected chi connectivity index (χ4v) is 1.26. The first-order chi connectivity index (χ1) is 6.63. The fraction of sp³-hybridized carbons (Fsp3) is 0.444. The molecule has 4 nitrogen and oxygen atoms in total. The van der Waals surface area contributed by atoms with Crippen LogP contribution in [0.4, 0.5) is 0 Å². The van der Waals surface area contributed by atoms with Crippen molar-refractivity contribution in [3.05, 3.63) is 27.9 Å². The first-order valence-corrected chi connectivity index (χ1v) is 4.75. The van der Waals surface area contributed by atoms with E-state index in [0.29, 0.717) is 11.4 Å². The first kappa shape index (κ1) is 10.9. The van der Waals surface area contributed by atoms with Crippen molar-refractivity contribution in [1.29, 1.82) is 0 Å². The zero-order valence-corrected chi connectivity index (χ0v) is 8.62. The Balaban J connectivity index is 2.81. The number of rotatable bonds is 4. The summed E-state index contributed by atoms with van der Waals surface area (Å²) in [5, 5.41) is 0.355. The molecule has 0 saturated carbocycles. The topological polar surface area (TPSA) is 52.0 Å². The van der Waals surface area contributed by atoms with Crippen molar-refractivity contribution >= 4 is 17.4 Å². The Labute approximate surface area is 86.5 Å². The maximum absolute atomic E-state index is 11.2. The van der Waals surface area contributed by atoms with Gasteiger partial charge in [-0.2, -0.15) is 0 Å². The van der Waals surface area contributed by atoms with Crippen LogP contribution in [0.25, 0.3) is 0 Å². The molecule has 0 aliphatic rings. The van der Waals surface area contributed by atoms with E-state index in [-0.39, 0.29) is 12.3 Å². The van der Waals surface area contributed by atoms with Crippen molar-refractivity contribution in [3.63, 3.8) is 0 Å². The zero-order valence-electron chi connectivity index (χ0n) is 7.86. The van der Waals surface area contributed by atoms with Crippen molar-refractivity contribution in [2.45, 2.75) is 26.3 Å². The first-order valence-electron chi connectivity index (χ1n) is 4.37. The third-order valence-corrected chi connectivity index (χ3v) is 1.89. The summed E-state index contributed by atoms with van der Waals surface area (Å²) in [6.45, 7) is 1.97. The largest absolute Gasteiger partial charge is 0.348 e. The molecule has 14 heavy (non-hydrogen) atoms. The van der Waals surface area contributed by atoms with Gasteiger partial charge in [0.25, 0.3) is 0 Å². The van der Waals surface area contributed by atoms with E-state index in [9.17, 15) is 9.59 Å².